The number of benzene rings is 3. The third kappa shape index (κ3) is 3.78. The highest BCUT2D eigenvalue weighted by Crippen LogP contribution is 2.51. The number of pyridine rings is 2. The molecule has 2 aromatic heterocycles. The van der Waals surface area contributed by atoms with Gasteiger partial charge in [0.25, 0.3) is 0 Å². The first kappa shape index (κ1) is 15.0. The Hall–Kier alpha value is -4.38. The number of hydrogen-bond acceptors (Lipinski definition) is 5. The molecule has 1 aliphatic heterocycles. The second-order valence-corrected chi connectivity index (χ2v) is 9.26. The summed E-state index contributed by atoms with van der Waals surface area (Å²) < 4.78 is 73.5. The van der Waals surface area contributed by atoms with Crippen molar-refractivity contribution in [2.24, 2.45) is 0 Å². The van der Waals surface area contributed by atoms with Gasteiger partial charge in [-0.3, -0.25) is 4.90 Å². The molecule has 0 radical (unpaired) electrons. The minimum atomic E-state index is -3.46. The fourth-order valence-corrected chi connectivity index (χ4v) is 4.87. The van der Waals surface area contributed by atoms with Crippen LogP contribution >= 0.6 is 0 Å². The van der Waals surface area contributed by atoms with Crippen LogP contribution in [0.3, 0.4) is 0 Å². The topological polar surface area (TPSA) is 52.5 Å². The van der Waals surface area contributed by atoms with E-state index in [0.717, 1.165) is 40.4 Å². The average molecular weight is 496 g/mol. The number of aromatic nitrogens is 2. The maximum absolute atomic E-state index is 10.9. The monoisotopic (exact) mass is 495 g/mol. The molecule has 0 saturated heterocycles. The Balaban J connectivity index is 1.56. The lowest BCUT2D eigenvalue weighted by Gasteiger charge is -2.38. The summed E-state index contributed by atoms with van der Waals surface area (Å²) in [4.78, 5) is 13.4. The summed E-state index contributed by atoms with van der Waals surface area (Å²) in [6, 6.07) is 22.7. The van der Waals surface area contributed by atoms with Crippen molar-refractivity contribution in [3.05, 3.63) is 96.2 Å². The summed E-state index contributed by atoms with van der Waals surface area (Å²) in [5.74, 6) is 0.349. The Morgan fingerprint density at radius 2 is 1.62 bits per heavy atom. The Bertz CT molecular complexity index is 1930. The largest absolute Gasteiger partial charge is 0.506 e. The Labute approximate surface area is 230 Å². The third-order valence-electron chi connectivity index (χ3n) is 6.72. The van der Waals surface area contributed by atoms with Gasteiger partial charge in [0.15, 0.2) is 0 Å². The summed E-state index contributed by atoms with van der Waals surface area (Å²) in [6.07, 6.45) is 1.79. The quantitative estimate of drug-likeness (QED) is 0.268. The van der Waals surface area contributed by atoms with Crippen LogP contribution in [-0.4, -0.2) is 22.1 Å². The normalized spacial score (nSPS) is 17.6. The number of para-hydroxylation sites is 2. The fraction of sp³-hybridized carbons (Fsp3) is 0.188. The third-order valence-corrected chi connectivity index (χ3v) is 6.72. The van der Waals surface area contributed by atoms with Gasteiger partial charge >= 0.3 is 0 Å². The molecular weight excluding hydrogens is 456 g/mol. The maximum atomic E-state index is 10.9. The molecule has 1 N–H and O–H groups in total. The molecule has 0 saturated carbocycles. The van der Waals surface area contributed by atoms with Gasteiger partial charge in [0.1, 0.15) is 17.1 Å². The first-order valence-corrected chi connectivity index (χ1v) is 11.8. The molecule has 3 aromatic carbocycles. The van der Waals surface area contributed by atoms with Gasteiger partial charge in [-0.05, 0) is 65.9 Å². The highest BCUT2D eigenvalue weighted by Gasteiger charge is 2.28. The first-order valence-electron chi connectivity index (χ1n) is 16.3. The number of fused-ring (bicyclic) bond motifs is 3. The molecule has 1 aliphatic rings. The number of anilines is 5. The van der Waals surface area contributed by atoms with Gasteiger partial charge in [0, 0.05) is 36.5 Å². The van der Waals surface area contributed by atoms with E-state index in [9.17, 15) is 5.11 Å². The zero-order valence-electron chi connectivity index (χ0n) is 29.3. The number of aryl methyl sites for hydroxylation is 1. The molecule has 0 amide bonds. The molecule has 6 rings (SSSR count). The zero-order chi connectivity index (χ0) is 33.4. The van der Waals surface area contributed by atoms with Crippen molar-refractivity contribution in [3.8, 4) is 17.0 Å². The van der Waals surface area contributed by atoms with Crippen molar-refractivity contribution in [1.29, 1.82) is 0 Å². The summed E-state index contributed by atoms with van der Waals surface area (Å²) in [5.41, 5.74) is 1.83. The van der Waals surface area contributed by atoms with Crippen molar-refractivity contribution < 1.29 is 17.4 Å². The predicted molar refractivity (Wildman–Crippen MR) is 153 cm³/mol. The lowest BCUT2D eigenvalue weighted by atomic mass is 9.84. The Morgan fingerprint density at radius 1 is 0.838 bits per heavy atom. The number of rotatable bonds is 2. The summed E-state index contributed by atoms with van der Waals surface area (Å²) in [5, 5.41) is 10.8. The Kier molecular flexibility index (Phi) is 3.38. The van der Waals surface area contributed by atoms with E-state index < -0.39 is 31.5 Å². The molecule has 37 heavy (non-hydrogen) atoms. The van der Waals surface area contributed by atoms with Gasteiger partial charge in [-0.15, -0.1) is 0 Å². The molecule has 0 aliphatic carbocycles. The van der Waals surface area contributed by atoms with Crippen LogP contribution in [0.1, 0.15) is 44.0 Å². The van der Waals surface area contributed by atoms with E-state index in [1.807, 2.05) is 73.5 Å². The molecule has 5 heteroatoms. The van der Waals surface area contributed by atoms with Crippen LogP contribution in [0.2, 0.25) is 0 Å². The van der Waals surface area contributed by atoms with Crippen molar-refractivity contribution >= 4 is 39.5 Å². The zero-order valence-corrected chi connectivity index (χ0v) is 20.3. The summed E-state index contributed by atoms with van der Waals surface area (Å²) >= 11 is 0. The van der Waals surface area contributed by atoms with Gasteiger partial charge in [-0.1, -0.05) is 57.0 Å². The van der Waals surface area contributed by atoms with Crippen LogP contribution in [0.5, 0.6) is 5.75 Å². The van der Waals surface area contributed by atoms with Gasteiger partial charge in [0.2, 0.25) is 0 Å². The Morgan fingerprint density at radius 3 is 2.38 bits per heavy atom. The van der Waals surface area contributed by atoms with Gasteiger partial charge in [-0.25, -0.2) is 9.97 Å². The summed E-state index contributed by atoms with van der Waals surface area (Å²) in [7, 11) is 1.97. The molecule has 3 heterocycles. The van der Waals surface area contributed by atoms with Crippen LogP contribution < -0.4 is 9.80 Å². The smallest absolute Gasteiger partial charge is 0.141 e. The minimum absolute atomic E-state index is 0.0794. The van der Waals surface area contributed by atoms with Gasteiger partial charge < -0.3 is 10.0 Å². The van der Waals surface area contributed by atoms with E-state index in [1.165, 1.54) is 6.07 Å². The lowest BCUT2D eigenvalue weighted by Crippen LogP contribution is -2.24. The summed E-state index contributed by atoms with van der Waals surface area (Å²) in [6.45, 7) is -8.41. The highest BCUT2D eigenvalue weighted by atomic mass is 16.3. The van der Waals surface area contributed by atoms with Crippen molar-refractivity contribution in [1.82, 2.24) is 9.97 Å². The molecule has 0 fully saturated rings. The molecule has 0 atom stereocenters. The van der Waals surface area contributed by atoms with Crippen LogP contribution in [0.4, 0.5) is 28.6 Å². The second-order valence-electron chi connectivity index (χ2n) is 9.26. The average Bonchev–Trinajstić information content (AvgIpc) is 2.97. The van der Waals surface area contributed by atoms with Crippen LogP contribution in [-0.2, 0) is 5.41 Å². The molecule has 184 valence electrons. The maximum Gasteiger partial charge on any atom is 0.141 e. The number of aromatic hydroxyl groups is 1. The minimum Gasteiger partial charge on any atom is -0.506 e. The standard InChI is InChI=1S/C32H30N4O/c1-20-10-17-30(33-19-20)36-27-9-7-6-8-25(27)35(5)26-15-11-21(18-28(26)36)24-14-12-22-23(32(2,3)4)13-16-29(37)31(22)34-24/h6-19,37H,1-5H3/i2D3,3D3,4D3. The van der Waals surface area contributed by atoms with E-state index in [0.29, 0.717) is 17.1 Å². The molecule has 0 spiro atoms. The number of hydrogen-bond donors (Lipinski definition) is 1. The van der Waals surface area contributed by atoms with E-state index in [2.05, 4.69) is 9.88 Å². The SMILES string of the molecule is [2H]C([2H])([2H])C(c1ccc(O)c2nc(-c3ccc4c(c3)N(c3ccc(C)cn3)c3ccccc3N4C)ccc12)(C([2H])([2H])[2H])C([2H])([2H])[2H]. The van der Waals surface area contributed by atoms with Crippen molar-refractivity contribution in [3.63, 3.8) is 0 Å². The number of phenols is 1. The molecule has 5 aromatic rings. The van der Waals surface area contributed by atoms with E-state index >= 15 is 0 Å². The van der Waals surface area contributed by atoms with Crippen LogP contribution in [0.25, 0.3) is 22.2 Å². The number of nitrogens with zero attached hydrogens (tertiary/aromatic N) is 4. The molecular formula is C32H30N4O. The van der Waals surface area contributed by atoms with Gasteiger partial charge in [0.05, 0.1) is 28.4 Å². The molecule has 5 nitrogen and oxygen atoms in total. The lowest BCUT2D eigenvalue weighted by molar-refractivity contribution is 0.479. The molecule has 0 bridgehead atoms. The van der Waals surface area contributed by atoms with Crippen molar-refractivity contribution in [2.45, 2.75) is 32.9 Å². The predicted octanol–water partition coefficient (Wildman–Crippen LogP) is 8.16. The fourth-order valence-electron chi connectivity index (χ4n) is 4.87. The van der Waals surface area contributed by atoms with E-state index in [1.54, 1.807) is 12.3 Å². The number of phenolic OH excluding ortho intramolecular Hbond substituents is 1. The highest BCUT2D eigenvalue weighted by molar-refractivity contribution is 5.98. The van der Waals surface area contributed by atoms with Crippen LogP contribution in [0, 0.1) is 6.92 Å². The van der Waals surface area contributed by atoms with Crippen molar-refractivity contribution in [2.75, 3.05) is 16.8 Å². The van der Waals surface area contributed by atoms with E-state index in [-0.39, 0.29) is 16.7 Å². The first-order chi connectivity index (χ1) is 21.5. The second kappa shape index (κ2) is 8.34. The van der Waals surface area contributed by atoms with Gasteiger partial charge in [-0.2, -0.15) is 0 Å². The van der Waals surface area contributed by atoms with E-state index in [4.69, 9.17) is 17.3 Å². The van der Waals surface area contributed by atoms with Crippen LogP contribution in [0.15, 0.2) is 85.1 Å². The molecule has 0 unspecified atom stereocenters.